The zero-order valence-electron chi connectivity index (χ0n) is 9.82. The first-order valence-electron chi connectivity index (χ1n) is 5.73. The topological polar surface area (TPSA) is 47.6 Å². The van der Waals surface area contributed by atoms with Gasteiger partial charge in [0.2, 0.25) is 5.76 Å². The summed E-state index contributed by atoms with van der Waals surface area (Å²) in [5, 5.41) is 2.69. The number of nitrogens with one attached hydrogen (secondary N) is 1. The molecule has 1 aliphatic heterocycles. The summed E-state index contributed by atoms with van der Waals surface area (Å²) < 4.78 is 23.0. The molecular weight excluding hydrogens is 237 g/mol. The second-order valence-electron chi connectivity index (χ2n) is 3.84. The number of carbonyl (C=O) groups excluding carboxylic acids is 1. The van der Waals surface area contributed by atoms with Gasteiger partial charge in [-0.15, -0.1) is 0 Å². The highest BCUT2D eigenvalue weighted by Gasteiger charge is 2.13. The van der Waals surface area contributed by atoms with Crippen LogP contribution < -0.4 is 5.32 Å². The van der Waals surface area contributed by atoms with Crippen molar-refractivity contribution in [1.29, 1.82) is 0 Å². The lowest BCUT2D eigenvalue weighted by Crippen LogP contribution is -2.30. The van der Waals surface area contributed by atoms with Crippen molar-refractivity contribution in [3.8, 4) is 0 Å². The van der Waals surface area contributed by atoms with Gasteiger partial charge in [0.15, 0.2) is 0 Å². The Morgan fingerprint density at radius 2 is 2.28 bits per heavy atom. The van der Waals surface area contributed by atoms with Gasteiger partial charge in [0.25, 0.3) is 5.91 Å². The van der Waals surface area contributed by atoms with Crippen molar-refractivity contribution in [3.63, 3.8) is 0 Å². The molecule has 0 aromatic heterocycles. The predicted molar refractivity (Wildman–Crippen MR) is 63.1 cm³/mol. The lowest BCUT2D eigenvalue weighted by molar-refractivity contribution is -0.122. The summed E-state index contributed by atoms with van der Waals surface area (Å²) in [6.45, 7) is 1.26. The van der Waals surface area contributed by atoms with Crippen molar-refractivity contribution in [3.05, 3.63) is 47.7 Å². The second kappa shape index (κ2) is 6.05. The van der Waals surface area contributed by atoms with Crippen LogP contribution in [0, 0.1) is 5.82 Å². The van der Waals surface area contributed by atoms with Gasteiger partial charge in [0.05, 0.1) is 0 Å². The fourth-order valence-corrected chi connectivity index (χ4v) is 1.59. The van der Waals surface area contributed by atoms with E-state index in [1.165, 1.54) is 18.4 Å². The van der Waals surface area contributed by atoms with Crippen LogP contribution in [0.15, 0.2) is 36.3 Å². The van der Waals surface area contributed by atoms with Crippen molar-refractivity contribution >= 4 is 5.91 Å². The Balaban J connectivity index is 1.78. The van der Waals surface area contributed by atoms with E-state index in [4.69, 9.17) is 9.47 Å². The normalized spacial score (nSPS) is 14.2. The van der Waals surface area contributed by atoms with Gasteiger partial charge in [-0.2, -0.15) is 0 Å². The third-order valence-electron chi connectivity index (χ3n) is 2.46. The molecule has 0 bridgehead atoms. The molecule has 5 heteroatoms. The Morgan fingerprint density at radius 3 is 3.00 bits per heavy atom. The Hall–Kier alpha value is -2.04. The van der Waals surface area contributed by atoms with Crippen molar-refractivity contribution < 1.29 is 18.7 Å². The van der Waals surface area contributed by atoms with E-state index in [1.807, 2.05) is 6.07 Å². The summed E-state index contributed by atoms with van der Waals surface area (Å²) in [5.41, 5.74) is 0.838. The van der Waals surface area contributed by atoms with Crippen LogP contribution in [0.25, 0.3) is 0 Å². The minimum atomic E-state index is -0.314. The number of carbonyl (C=O) groups is 1. The first-order valence-corrected chi connectivity index (χ1v) is 5.73. The molecule has 96 valence electrons. The molecular formula is C13H14FNO3. The Morgan fingerprint density at radius 1 is 1.39 bits per heavy atom. The van der Waals surface area contributed by atoms with E-state index in [0.717, 1.165) is 5.56 Å². The highest BCUT2D eigenvalue weighted by Crippen LogP contribution is 2.05. The Bertz CT molecular complexity index is 459. The van der Waals surface area contributed by atoms with Gasteiger partial charge in [-0.3, -0.25) is 4.79 Å². The van der Waals surface area contributed by atoms with Crippen LogP contribution in [-0.2, 0) is 20.7 Å². The number of rotatable bonds is 4. The molecule has 0 fully saturated rings. The van der Waals surface area contributed by atoms with E-state index in [2.05, 4.69) is 5.32 Å². The SMILES string of the molecule is O=C(NCCc1cccc(F)c1)C1=COCCO1. The monoisotopic (exact) mass is 251 g/mol. The molecule has 0 atom stereocenters. The van der Waals surface area contributed by atoms with Gasteiger partial charge in [-0.1, -0.05) is 12.1 Å². The third kappa shape index (κ3) is 3.48. The molecule has 0 saturated heterocycles. The number of ether oxygens (including phenoxy) is 2. The summed E-state index contributed by atoms with van der Waals surface area (Å²) in [5.74, 6) is -0.405. The van der Waals surface area contributed by atoms with Gasteiger partial charge >= 0.3 is 0 Å². The average Bonchev–Trinajstić information content (AvgIpc) is 2.40. The molecule has 1 N–H and O–H groups in total. The van der Waals surface area contributed by atoms with Crippen LogP contribution in [0.5, 0.6) is 0 Å². The first-order chi connectivity index (χ1) is 8.75. The van der Waals surface area contributed by atoms with E-state index >= 15 is 0 Å². The molecule has 1 amide bonds. The maximum atomic E-state index is 12.9. The molecule has 1 aromatic carbocycles. The Labute approximate surface area is 104 Å². The van der Waals surface area contributed by atoms with Gasteiger partial charge < -0.3 is 14.8 Å². The molecule has 0 saturated carbocycles. The summed E-state index contributed by atoms with van der Waals surface area (Å²) >= 11 is 0. The molecule has 0 aliphatic carbocycles. The van der Waals surface area contributed by atoms with Crippen molar-refractivity contribution in [2.45, 2.75) is 6.42 Å². The summed E-state index contributed by atoms with van der Waals surface area (Å²) in [6, 6.07) is 6.30. The number of benzene rings is 1. The zero-order valence-corrected chi connectivity index (χ0v) is 9.82. The molecule has 0 unspecified atom stereocenters. The van der Waals surface area contributed by atoms with Crippen molar-refractivity contribution in [2.75, 3.05) is 19.8 Å². The summed E-state index contributed by atoms with van der Waals surface area (Å²) in [6.07, 6.45) is 1.87. The number of hydrogen-bond acceptors (Lipinski definition) is 3. The van der Waals surface area contributed by atoms with E-state index < -0.39 is 0 Å². The van der Waals surface area contributed by atoms with E-state index in [9.17, 15) is 9.18 Å². The van der Waals surface area contributed by atoms with E-state index in [-0.39, 0.29) is 17.5 Å². The third-order valence-corrected chi connectivity index (χ3v) is 2.46. The van der Waals surface area contributed by atoms with E-state index in [0.29, 0.717) is 26.2 Å². The Kier molecular flexibility index (Phi) is 4.17. The molecule has 0 radical (unpaired) electrons. The maximum Gasteiger partial charge on any atom is 0.289 e. The molecule has 4 nitrogen and oxygen atoms in total. The van der Waals surface area contributed by atoms with Gasteiger partial charge in [-0.25, -0.2) is 4.39 Å². The molecule has 2 rings (SSSR count). The highest BCUT2D eigenvalue weighted by atomic mass is 19.1. The van der Waals surface area contributed by atoms with Crippen LogP contribution >= 0.6 is 0 Å². The zero-order chi connectivity index (χ0) is 12.8. The molecule has 1 aromatic rings. The number of halogens is 1. The van der Waals surface area contributed by atoms with Crippen LogP contribution in [-0.4, -0.2) is 25.7 Å². The van der Waals surface area contributed by atoms with Gasteiger partial charge in [-0.05, 0) is 24.1 Å². The maximum absolute atomic E-state index is 12.9. The quantitative estimate of drug-likeness (QED) is 0.879. The minimum Gasteiger partial charge on any atom is -0.494 e. The minimum absolute atomic E-state index is 0.181. The van der Waals surface area contributed by atoms with Gasteiger partial charge in [0.1, 0.15) is 25.3 Å². The fourth-order valence-electron chi connectivity index (χ4n) is 1.59. The molecule has 1 aliphatic rings. The number of amides is 1. The average molecular weight is 251 g/mol. The van der Waals surface area contributed by atoms with Crippen LogP contribution in [0.2, 0.25) is 0 Å². The lowest BCUT2D eigenvalue weighted by Gasteiger charge is -2.14. The largest absolute Gasteiger partial charge is 0.494 e. The number of hydrogen-bond donors (Lipinski definition) is 1. The summed E-state index contributed by atoms with van der Waals surface area (Å²) in [7, 11) is 0. The van der Waals surface area contributed by atoms with Crippen LogP contribution in [0.4, 0.5) is 4.39 Å². The van der Waals surface area contributed by atoms with Crippen LogP contribution in [0.3, 0.4) is 0 Å². The molecule has 0 spiro atoms. The van der Waals surface area contributed by atoms with E-state index in [1.54, 1.807) is 6.07 Å². The molecule has 18 heavy (non-hydrogen) atoms. The predicted octanol–water partition coefficient (Wildman–Crippen LogP) is 1.37. The standard InChI is InChI=1S/C13H14FNO3/c14-11-3-1-2-10(8-11)4-5-15-13(16)12-9-17-6-7-18-12/h1-3,8-9H,4-7H2,(H,15,16). The fraction of sp³-hybridized carbons (Fsp3) is 0.308. The summed E-state index contributed by atoms with van der Waals surface area (Å²) in [4.78, 5) is 11.6. The second-order valence-corrected chi connectivity index (χ2v) is 3.84. The van der Waals surface area contributed by atoms with Crippen molar-refractivity contribution in [1.82, 2.24) is 5.32 Å². The first kappa shape index (κ1) is 12.4. The van der Waals surface area contributed by atoms with Gasteiger partial charge in [0, 0.05) is 6.54 Å². The van der Waals surface area contributed by atoms with Crippen molar-refractivity contribution in [2.24, 2.45) is 0 Å². The highest BCUT2D eigenvalue weighted by molar-refractivity contribution is 5.91. The lowest BCUT2D eigenvalue weighted by atomic mass is 10.1. The molecule has 1 heterocycles. The smallest absolute Gasteiger partial charge is 0.289 e. The van der Waals surface area contributed by atoms with Crippen LogP contribution in [0.1, 0.15) is 5.56 Å².